The maximum atomic E-state index is 12.7. The van der Waals surface area contributed by atoms with Gasteiger partial charge in [0.1, 0.15) is 22.8 Å². The summed E-state index contributed by atoms with van der Waals surface area (Å²) < 4.78 is 17.0. The lowest BCUT2D eigenvalue weighted by atomic mass is 9.89. The first-order valence-corrected chi connectivity index (χ1v) is 9.18. The van der Waals surface area contributed by atoms with Crippen molar-refractivity contribution in [3.05, 3.63) is 53.6 Å². The number of aryl methyl sites for hydroxylation is 1. The molecule has 0 fully saturated rings. The Kier molecular flexibility index (Phi) is 5.31. The molecule has 0 radical (unpaired) electrons. The van der Waals surface area contributed by atoms with Crippen LogP contribution in [0, 0.1) is 6.92 Å². The predicted octanol–water partition coefficient (Wildman–Crippen LogP) is 4.19. The van der Waals surface area contributed by atoms with E-state index in [0.29, 0.717) is 12.2 Å². The molecule has 1 N–H and O–H groups in total. The smallest absolute Gasteiger partial charge is 0.261 e. The second-order valence-electron chi connectivity index (χ2n) is 7.60. The van der Waals surface area contributed by atoms with Gasteiger partial charge in [-0.1, -0.05) is 12.1 Å². The minimum absolute atomic E-state index is 0.112. The van der Waals surface area contributed by atoms with Crippen molar-refractivity contribution >= 4 is 5.91 Å². The number of carbonyl (C=O) groups is 1. The van der Waals surface area contributed by atoms with Crippen LogP contribution < -0.4 is 19.5 Å². The summed E-state index contributed by atoms with van der Waals surface area (Å²) in [6.45, 7) is 7.85. The fourth-order valence-electron chi connectivity index (χ4n) is 3.29. The van der Waals surface area contributed by atoms with Crippen molar-refractivity contribution in [2.45, 2.75) is 51.9 Å². The third-order valence-corrected chi connectivity index (χ3v) is 4.68. The number of hydrogen-bond donors (Lipinski definition) is 1. The van der Waals surface area contributed by atoms with Gasteiger partial charge in [-0.2, -0.15) is 0 Å². The molecule has 1 aliphatic rings. The maximum absolute atomic E-state index is 12.7. The SMILES string of the molecule is COc1ccc(O[C@H](C)C(=O)N[C@@H]2CC(C)(C)Oc3cc(C)ccc32)cc1. The Hall–Kier alpha value is -2.69. The van der Waals surface area contributed by atoms with Crippen LogP contribution in [0.1, 0.15) is 44.4 Å². The lowest BCUT2D eigenvalue weighted by molar-refractivity contribution is -0.128. The molecule has 2 aromatic rings. The quantitative estimate of drug-likeness (QED) is 0.859. The van der Waals surface area contributed by atoms with E-state index in [1.807, 2.05) is 39.0 Å². The van der Waals surface area contributed by atoms with E-state index in [4.69, 9.17) is 14.2 Å². The fraction of sp³-hybridized carbons (Fsp3) is 0.409. The fourth-order valence-corrected chi connectivity index (χ4v) is 3.29. The van der Waals surface area contributed by atoms with Crippen molar-refractivity contribution in [3.8, 4) is 17.2 Å². The molecule has 0 saturated heterocycles. The van der Waals surface area contributed by atoms with Gasteiger partial charge in [0.2, 0.25) is 0 Å². The molecule has 0 saturated carbocycles. The zero-order valence-corrected chi connectivity index (χ0v) is 16.5. The van der Waals surface area contributed by atoms with Gasteiger partial charge >= 0.3 is 0 Å². The highest BCUT2D eigenvalue weighted by molar-refractivity contribution is 5.81. The van der Waals surface area contributed by atoms with E-state index in [-0.39, 0.29) is 17.6 Å². The molecule has 27 heavy (non-hydrogen) atoms. The molecule has 0 spiro atoms. The van der Waals surface area contributed by atoms with Crippen LogP contribution >= 0.6 is 0 Å². The topological polar surface area (TPSA) is 56.8 Å². The van der Waals surface area contributed by atoms with Crippen LogP contribution in [0.5, 0.6) is 17.2 Å². The number of fused-ring (bicyclic) bond motifs is 1. The third-order valence-electron chi connectivity index (χ3n) is 4.68. The van der Waals surface area contributed by atoms with Crippen molar-refractivity contribution in [1.82, 2.24) is 5.32 Å². The monoisotopic (exact) mass is 369 g/mol. The maximum Gasteiger partial charge on any atom is 0.261 e. The molecule has 2 atom stereocenters. The first kappa shape index (κ1) is 19.1. The van der Waals surface area contributed by atoms with Gasteiger partial charge in [0.15, 0.2) is 6.10 Å². The molecule has 1 amide bonds. The number of ether oxygens (including phenoxy) is 3. The molecular weight excluding hydrogens is 342 g/mol. The molecule has 144 valence electrons. The average molecular weight is 369 g/mol. The highest BCUT2D eigenvalue weighted by Crippen LogP contribution is 2.39. The van der Waals surface area contributed by atoms with E-state index in [1.54, 1.807) is 38.3 Å². The Balaban J connectivity index is 1.71. The standard InChI is InChI=1S/C22H27NO4/c1-14-6-11-18-19(13-22(3,4)27-20(18)12-14)23-21(24)15(2)26-17-9-7-16(25-5)8-10-17/h6-12,15,19H,13H2,1-5H3,(H,23,24)/t15-,19-/m1/s1. The van der Waals surface area contributed by atoms with Crippen LogP contribution in [-0.2, 0) is 4.79 Å². The summed E-state index contributed by atoms with van der Waals surface area (Å²) >= 11 is 0. The second-order valence-corrected chi connectivity index (χ2v) is 7.60. The summed E-state index contributed by atoms with van der Waals surface area (Å²) in [7, 11) is 1.61. The summed E-state index contributed by atoms with van der Waals surface area (Å²) in [6.07, 6.45) is 0.0857. The second kappa shape index (κ2) is 7.51. The van der Waals surface area contributed by atoms with Gasteiger partial charge < -0.3 is 19.5 Å². The van der Waals surface area contributed by atoms with E-state index >= 15 is 0 Å². The minimum Gasteiger partial charge on any atom is -0.497 e. The van der Waals surface area contributed by atoms with Gasteiger partial charge in [0, 0.05) is 12.0 Å². The number of amides is 1. The summed E-state index contributed by atoms with van der Waals surface area (Å²) in [4.78, 5) is 12.7. The van der Waals surface area contributed by atoms with Crippen LogP contribution in [0.25, 0.3) is 0 Å². The molecule has 0 aliphatic carbocycles. The lowest BCUT2D eigenvalue weighted by Crippen LogP contribution is -2.44. The van der Waals surface area contributed by atoms with Crippen molar-refractivity contribution in [3.63, 3.8) is 0 Å². The van der Waals surface area contributed by atoms with Crippen molar-refractivity contribution in [2.24, 2.45) is 0 Å². The zero-order valence-electron chi connectivity index (χ0n) is 16.5. The van der Waals surface area contributed by atoms with E-state index in [1.165, 1.54) is 0 Å². The van der Waals surface area contributed by atoms with Gasteiger partial charge in [0.05, 0.1) is 13.2 Å². The van der Waals surface area contributed by atoms with Crippen LogP contribution in [0.2, 0.25) is 0 Å². The molecule has 5 nitrogen and oxygen atoms in total. The Morgan fingerprint density at radius 3 is 2.52 bits per heavy atom. The summed E-state index contributed by atoms with van der Waals surface area (Å²) in [6, 6.07) is 13.2. The van der Waals surface area contributed by atoms with Gasteiger partial charge in [-0.05, 0) is 63.6 Å². The number of carbonyl (C=O) groups excluding carboxylic acids is 1. The normalized spacial score (nSPS) is 18.6. The first-order chi connectivity index (χ1) is 12.8. The highest BCUT2D eigenvalue weighted by atomic mass is 16.5. The van der Waals surface area contributed by atoms with Crippen LogP contribution in [0.3, 0.4) is 0 Å². The Morgan fingerprint density at radius 1 is 1.19 bits per heavy atom. The van der Waals surface area contributed by atoms with Gasteiger partial charge in [-0.3, -0.25) is 4.79 Å². The molecule has 5 heteroatoms. The molecule has 2 aromatic carbocycles. The summed E-state index contributed by atoms with van der Waals surface area (Å²) in [5.41, 5.74) is 1.79. The molecular formula is C22H27NO4. The van der Waals surface area contributed by atoms with Crippen molar-refractivity contribution in [2.75, 3.05) is 7.11 Å². The van der Waals surface area contributed by atoms with Crippen molar-refractivity contribution < 1.29 is 19.0 Å². The van der Waals surface area contributed by atoms with Crippen LogP contribution in [-0.4, -0.2) is 24.7 Å². The van der Waals surface area contributed by atoms with E-state index in [0.717, 1.165) is 22.6 Å². The largest absolute Gasteiger partial charge is 0.497 e. The molecule has 0 bridgehead atoms. The molecule has 0 aromatic heterocycles. The molecule has 0 unspecified atom stereocenters. The lowest BCUT2D eigenvalue weighted by Gasteiger charge is -2.38. The Morgan fingerprint density at radius 2 is 1.85 bits per heavy atom. The molecule has 1 heterocycles. The van der Waals surface area contributed by atoms with Crippen LogP contribution in [0.15, 0.2) is 42.5 Å². The van der Waals surface area contributed by atoms with Gasteiger partial charge in [-0.15, -0.1) is 0 Å². The Bertz CT molecular complexity index is 814. The number of hydrogen-bond acceptors (Lipinski definition) is 4. The number of methoxy groups -OCH3 is 1. The summed E-state index contributed by atoms with van der Waals surface area (Å²) in [5.74, 6) is 2.05. The Labute approximate surface area is 160 Å². The molecule has 3 rings (SSSR count). The third kappa shape index (κ3) is 4.54. The first-order valence-electron chi connectivity index (χ1n) is 9.18. The number of rotatable bonds is 5. The predicted molar refractivity (Wildman–Crippen MR) is 104 cm³/mol. The minimum atomic E-state index is -0.613. The van der Waals surface area contributed by atoms with E-state index in [9.17, 15) is 4.79 Å². The average Bonchev–Trinajstić information content (AvgIpc) is 2.60. The summed E-state index contributed by atoms with van der Waals surface area (Å²) in [5, 5.41) is 3.12. The highest BCUT2D eigenvalue weighted by Gasteiger charge is 2.35. The van der Waals surface area contributed by atoms with Gasteiger partial charge in [-0.25, -0.2) is 0 Å². The van der Waals surface area contributed by atoms with Crippen LogP contribution in [0.4, 0.5) is 0 Å². The van der Waals surface area contributed by atoms with Crippen molar-refractivity contribution in [1.29, 1.82) is 0 Å². The van der Waals surface area contributed by atoms with Gasteiger partial charge in [0.25, 0.3) is 5.91 Å². The number of nitrogens with one attached hydrogen (secondary N) is 1. The zero-order chi connectivity index (χ0) is 19.6. The number of benzene rings is 2. The molecule has 1 aliphatic heterocycles. The van der Waals surface area contributed by atoms with E-state index in [2.05, 4.69) is 5.32 Å². The van der Waals surface area contributed by atoms with E-state index < -0.39 is 6.10 Å².